The molecule has 1 saturated heterocycles. The summed E-state index contributed by atoms with van der Waals surface area (Å²) < 4.78 is 107. The SMILES string of the molecule is N=c1ccc2c(-c3ccc(C(=O)CCCN4C(=O)CC(SCC(CC(=O)C(Cc5ccccc5)NC(=O)CCOCCOCCNC(=O)CC[C@@H](NC(=O)N[C@H](CCC(=O)O)OC=O)C(=O)O)C(=O)C(=O)O)C4=O)cc3C(=O)O)c3ccc(N)c(S(=O)(=O)O)c3oc-2c1S(=O)(=O)O.O=CO[C@@H](CCC(=O)O)NC(=O)N[C@H](CCC(=O)NCCOCCOCCC(=O)NC(Cc1ccccc1)C(=O)CC(CS)C(=O)C(=O)O)C(=O)O. The number of nitrogens with one attached hydrogen (secondary N) is 9. The number of nitrogens with two attached hydrogens (primary N) is 1. The molecule has 0 saturated carbocycles. The molecule has 2 heterocycles. The average molecular weight is 2170 g/mol. The fourth-order valence-electron chi connectivity index (χ4n) is 14.4. The number of thiol groups is 1. The van der Waals surface area contributed by atoms with Crippen molar-refractivity contribution in [3.8, 4) is 22.5 Å². The van der Waals surface area contributed by atoms with E-state index in [1.54, 1.807) is 60.7 Å². The number of aliphatic carboxylic acids is 6. The van der Waals surface area contributed by atoms with Crippen LogP contribution < -0.4 is 53.6 Å². The number of benzene rings is 5. The van der Waals surface area contributed by atoms with Crippen LogP contribution in [0.15, 0.2) is 117 Å². The van der Waals surface area contributed by atoms with Crippen molar-refractivity contribution in [3.05, 3.63) is 131 Å². The second-order valence-corrected chi connectivity index (χ2v) is 36.9. The number of nitrogen functional groups attached to an aromatic ring is 1. The van der Waals surface area contributed by atoms with E-state index in [2.05, 4.69) is 64.6 Å². The van der Waals surface area contributed by atoms with Crippen LogP contribution in [0.4, 0.5) is 15.3 Å². The smallest absolute Gasteiger partial charge is 0.372 e. The van der Waals surface area contributed by atoms with Crippen molar-refractivity contribution in [2.75, 3.05) is 89.7 Å². The predicted octanol–water partition coefficient (Wildman–Crippen LogP) is 0.983. The third-order valence-corrected chi connectivity index (χ3v) is 25.4. The maximum atomic E-state index is 14.0. The number of ether oxygens (including phenoxy) is 6. The van der Waals surface area contributed by atoms with Gasteiger partial charge in [-0.15, -0.1) is 11.8 Å². The van der Waals surface area contributed by atoms with Gasteiger partial charge in [-0.05, 0) is 79.1 Å². The summed E-state index contributed by atoms with van der Waals surface area (Å²) in [5.41, 5.74) is 4.22. The highest BCUT2D eigenvalue weighted by molar-refractivity contribution is 8.00. The van der Waals surface area contributed by atoms with Crippen LogP contribution in [0.3, 0.4) is 0 Å². The van der Waals surface area contributed by atoms with E-state index in [-0.39, 0.29) is 196 Å². The lowest BCUT2D eigenvalue weighted by molar-refractivity contribution is -0.151. The van der Waals surface area contributed by atoms with Gasteiger partial charge < -0.3 is 117 Å². The van der Waals surface area contributed by atoms with Crippen LogP contribution >= 0.6 is 24.4 Å². The molecule has 1 aliphatic carbocycles. The Hall–Kier alpha value is -15.1. The minimum Gasteiger partial charge on any atom is -0.481 e. The van der Waals surface area contributed by atoms with Crippen molar-refractivity contribution >= 4 is 192 Å². The Labute approximate surface area is 856 Å². The number of imide groups is 1. The Bertz CT molecular complexity index is 6130. The summed E-state index contributed by atoms with van der Waals surface area (Å²) in [5, 5.41) is 90.4. The number of likely N-dealkylation sites (tertiary alicyclic amines) is 1. The van der Waals surface area contributed by atoms with Crippen LogP contribution in [0.1, 0.15) is 128 Å². The van der Waals surface area contributed by atoms with Crippen molar-refractivity contribution in [1.82, 2.24) is 47.4 Å². The Kier molecular flexibility index (Phi) is 50.6. The molecule has 0 spiro atoms. The van der Waals surface area contributed by atoms with Crippen LogP contribution in [-0.4, -0.2) is 324 Å². The first kappa shape index (κ1) is 123. The number of anilines is 1. The Balaban J connectivity index is 0.000000549. The van der Waals surface area contributed by atoms with E-state index < -0.39 is 268 Å². The fourth-order valence-corrected chi connectivity index (χ4v) is 17.5. The standard InChI is InChI=1S/C60H65N7O27S3.C32H44N4O15S/c61-38-12-10-35-50(36-11-13-39(62)55(97(88,89)90)53(36)94-52(35)54(38)96(85,86)87)34-9-8-32(26-37(34)57(78)79)42(69)7-4-20-67-48(73)28-44(56(67)77)95-29-33(51(76)59(82)83)27-43(70)41(25-31-5-2-1-3-6-31)64-46(72)18-21-91-23-24-92-22-19-63-45(71)15-14-40(58(80)81)65-60(84)66-47(93-30-68)16-17-49(74)75;37-19-51-27(8-9-28(41)42)36-32(48)35-22(30(44)45)6-7-25(39)33-11-13-50-15-14-49-12-10-26(40)34-23(16-20-4-2-1-3-5-20)24(38)17-21(18-52)29(43)31(46)47/h1-3,5-6,8-13,26,30,33,40-41,44,47,61H,4,7,14-25,27-29,62H2,(H,63,71)(H,64,72)(H,74,75)(H,78,79)(H,80,81)(H,82,83)(H2,65,66,84)(H,85,86,87)(H,88,89,90);1-5,19,21-23,27,52H,6-18H2,(H,33,39)(H,34,40)(H,41,42)(H,44,45)(H,46,47)(H2,35,36,48)/t33?,40-,41?,44?,47+;21?,22-,23?,27+/m11/s1. The van der Waals surface area contributed by atoms with Crippen molar-refractivity contribution < 1.29 is 200 Å². The van der Waals surface area contributed by atoms with Gasteiger partial charge in [-0.3, -0.25) is 91.3 Å². The number of ketones is 5. The predicted molar refractivity (Wildman–Crippen MR) is 515 cm³/mol. The van der Waals surface area contributed by atoms with Gasteiger partial charge in [0.1, 0.15) is 12.1 Å². The van der Waals surface area contributed by atoms with Gasteiger partial charge >= 0.3 is 53.8 Å². The number of carboxylic acids is 7. The molecule has 3 aliphatic rings. The van der Waals surface area contributed by atoms with Crippen LogP contribution in [0.25, 0.3) is 33.4 Å². The van der Waals surface area contributed by atoms with Gasteiger partial charge in [0.2, 0.25) is 47.0 Å². The van der Waals surface area contributed by atoms with E-state index in [1.165, 1.54) is 12.1 Å². The van der Waals surface area contributed by atoms with Gasteiger partial charge in [0.05, 0.1) is 99.6 Å². The molecular formula is C92H109N11O42S4. The zero-order valence-corrected chi connectivity index (χ0v) is 82.4. The van der Waals surface area contributed by atoms with Gasteiger partial charge in [0, 0.05) is 129 Å². The first-order valence-electron chi connectivity index (χ1n) is 45.2. The molecule has 1 fully saturated rings. The number of carbonyl (C=O) groups excluding carboxylic acids is 15. The average Bonchev–Trinajstić information content (AvgIpc) is 0.840. The molecule has 808 valence electrons. The molecule has 149 heavy (non-hydrogen) atoms. The number of Topliss-reactive ketones (excluding diaryl/α,β-unsaturated/α-hetero) is 5. The van der Waals surface area contributed by atoms with E-state index in [1.807, 2.05) is 0 Å². The number of hydrogen-bond acceptors (Lipinski definition) is 37. The maximum Gasteiger partial charge on any atom is 0.372 e. The minimum atomic E-state index is -5.32. The topological polar surface area (TPSA) is 844 Å². The number of aromatic carboxylic acids is 1. The zero-order chi connectivity index (χ0) is 110. The quantitative estimate of drug-likeness (QED) is 0.00242. The number of urea groups is 2. The molecule has 7 rings (SSSR count). The Morgan fingerprint density at radius 1 is 0.517 bits per heavy atom. The highest BCUT2D eigenvalue weighted by atomic mass is 32.2. The van der Waals surface area contributed by atoms with E-state index in [9.17, 15) is 152 Å². The number of fused-ring (bicyclic) bond motifs is 2. The molecule has 2 aliphatic heterocycles. The lowest BCUT2D eigenvalue weighted by atomic mass is 9.89. The Morgan fingerprint density at radius 2 is 0.973 bits per heavy atom. The first-order valence-corrected chi connectivity index (χ1v) is 49.7. The summed E-state index contributed by atoms with van der Waals surface area (Å²) in [5.74, 6) is -22.9. The van der Waals surface area contributed by atoms with Crippen molar-refractivity contribution in [3.63, 3.8) is 0 Å². The number of hydrogen-bond donors (Lipinski definition) is 20. The molecule has 4 aromatic rings. The summed E-state index contributed by atoms with van der Waals surface area (Å²) >= 11 is 4.73. The van der Waals surface area contributed by atoms with Crippen LogP contribution in [0.5, 0.6) is 0 Å². The van der Waals surface area contributed by atoms with Crippen LogP contribution in [0, 0.1) is 17.2 Å². The lowest BCUT2D eigenvalue weighted by Gasteiger charge is -2.21. The minimum absolute atomic E-state index is 0.00230. The van der Waals surface area contributed by atoms with Gasteiger partial charge in [-0.1, -0.05) is 72.8 Å². The molecule has 53 nitrogen and oxygen atoms in total. The molecule has 0 radical (unpaired) electrons. The van der Waals surface area contributed by atoms with Gasteiger partial charge in [-0.2, -0.15) is 29.5 Å². The molecular weight excluding hydrogens is 2060 g/mol. The van der Waals surface area contributed by atoms with Crippen molar-refractivity contribution in [2.45, 2.75) is 161 Å². The van der Waals surface area contributed by atoms with Crippen LogP contribution in [-0.2, 0) is 148 Å². The highest BCUT2D eigenvalue weighted by Crippen LogP contribution is 2.46. The summed E-state index contributed by atoms with van der Waals surface area (Å²) in [7, 11) is -10.6. The third-order valence-electron chi connectivity index (χ3n) is 21.8. The Morgan fingerprint density at radius 3 is 1.41 bits per heavy atom. The summed E-state index contributed by atoms with van der Waals surface area (Å²) in [6.07, 6.45) is -7.82. The maximum absolute atomic E-state index is 14.0. The highest BCUT2D eigenvalue weighted by Gasteiger charge is 2.42. The fraction of sp³-hybridized carbons (Fsp3) is 0.424. The number of carbonyl (C=O) groups is 22. The number of carboxylic acid groups (broad SMARTS) is 7. The lowest BCUT2D eigenvalue weighted by Crippen LogP contribution is -2.50. The molecule has 0 aromatic heterocycles. The van der Waals surface area contributed by atoms with Gasteiger partial charge in [0.25, 0.3) is 33.2 Å². The molecule has 4 aromatic carbocycles. The zero-order valence-electron chi connectivity index (χ0n) is 79.1. The molecule has 5 unspecified atom stereocenters. The monoisotopic (exact) mass is 2170 g/mol. The molecule has 0 bridgehead atoms. The van der Waals surface area contributed by atoms with Gasteiger partial charge in [-0.25, -0.2) is 33.6 Å². The summed E-state index contributed by atoms with van der Waals surface area (Å²) in [6.45, 7) is -0.260. The largest absolute Gasteiger partial charge is 0.481 e. The van der Waals surface area contributed by atoms with Crippen molar-refractivity contribution in [1.29, 1.82) is 5.41 Å². The third kappa shape index (κ3) is 41.3. The van der Waals surface area contributed by atoms with E-state index in [0.717, 1.165) is 52.6 Å². The first-order chi connectivity index (χ1) is 70.6. The van der Waals surface area contributed by atoms with Gasteiger partial charge in [0.15, 0.2) is 50.9 Å². The van der Waals surface area contributed by atoms with Crippen LogP contribution in [0.2, 0.25) is 0 Å². The normalized spacial score (nSPS) is 13.9. The number of thioether (sulfide) groups is 1. The van der Waals surface area contributed by atoms with E-state index in [0.29, 0.717) is 5.56 Å². The van der Waals surface area contributed by atoms with E-state index in [4.69, 9.17) is 49.8 Å². The summed E-state index contributed by atoms with van der Waals surface area (Å²) in [4.78, 5) is 268. The van der Waals surface area contributed by atoms with E-state index >= 15 is 0 Å². The molecule has 10 amide bonds. The second kappa shape index (κ2) is 61.5. The number of amides is 10. The number of nitrogens with zero attached hydrogens (tertiary/aromatic N) is 1. The van der Waals surface area contributed by atoms with Crippen molar-refractivity contribution in [2.24, 2.45) is 11.8 Å². The summed E-state index contributed by atoms with van der Waals surface area (Å²) in [6, 6.07) is 17.2. The molecule has 57 heteroatoms. The second-order valence-electron chi connectivity index (χ2n) is 32.5. The molecule has 20 N–H and O–H groups in total. The molecule has 9 atom stereocenters. The number of rotatable bonds is 69.